The molecule has 11 heteroatoms. The molecule has 3 heterocycles. The van der Waals surface area contributed by atoms with E-state index in [0.717, 1.165) is 36.7 Å². The summed E-state index contributed by atoms with van der Waals surface area (Å²) in [7, 11) is 0. The third-order valence-corrected chi connectivity index (χ3v) is 5.28. The van der Waals surface area contributed by atoms with E-state index in [9.17, 15) is 14.0 Å². The maximum absolute atomic E-state index is 13.6. The molecule has 1 aliphatic heterocycles. The second-order valence-electron chi connectivity index (χ2n) is 7.12. The summed E-state index contributed by atoms with van der Waals surface area (Å²) in [4.78, 5) is 38.9. The number of aryl methyl sites for hydroxylation is 1. The van der Waals surface area contributed by atoms with Gasteiger partial charge in [-0.2, -0.15) is 5.10 Å². The normalized spacial score (nSPS) is 17.3. The SMILES string of the molecule is O=C(NCCC1COCCN1C(=O)c1n[nH]c2c1CCC2)c1ccncc1F.O=CO. The van der Waals surface area contributed by atoms with E-state index >= 15 is 0 Å². The first-order chi connectivity index (χ1) is 15.1. The molecule has 1 aliphatic carbocycles. The van der Waals surface area contributed by atoms with Crippen molar-refractivity contribution in [2.24, 2.45) is 0 Å². The van der Waals surface area contributed by atoms with Crippen molar-refractivity contribution >= 4 is 18.3 Å². The molecule has 0 radical (unpaired) electrons. The molecule has 1 saturated heterocycles. The number of hydrogen-bond acceptors (Lipinski definition) is 6. The zero-order valence-corrected chi connectivity index (χ0v) is 16.8. The first-order valence-corrected chi connectivity index (χ1v) is 9.97. The molecular formula is C20H24FN5O5. The number of halogens is 1. The molecular weight excluding hydrogens is 409 g/mol. The van der Waals surface area contributed by atoms with Crippen LogP contribution in [0.2, 0.25) is 0 Å². The lowest BCUT2D eigenvalue weighted by Gasteiger charge is -2.35. The number of carboxylic acid groups (broad SMARTS) is 1. The van der Waals surface area contributed by atoms with Gasteiger partial charge in [-0.15, -0.1) is 0 Å². The minimum atomic E-state index is -0.662. The van der Waals surface area contributed by atoms with E-state index < -0.39 is 11.7 Å². The number of ether oxygens (including phenoxy) is 1. The molecule has 1 fully saturated rings. The van der Waals surface area contributed by atoms with Crippen molar-refractivity contribution in [1.82, 2.24) is 25.4 Å². The summed E-state index contributed by atoms with van der Waals surface area (Å²) in [5, 5.41) is 16.8. The molecule has 1 atom stereocenters. The quantitative estimate of drug-likeness (QED) is 0.593. The number of H-pyrrole nitrogens is 1. The number of nitrogens with one attached hydrogen (secondary N) is 2. The van der Waals surface area contributed by atoms with Gasteiger partial charge in [-0.1, -0.05) is 0 Å². The van der Waals surface area contributed by atoms with E-state index in [0.29, 0.717) is 38.4 Å². The maximum Gasteiger partial charge on any atom is 0.290 e. The van der Waals surface area contributed by atoms with Crippen molar-refractivity contribution in [3.05, 3.63) is 46.8 Å². The van der Waals surface area contributed by atoms with Gasteiger partial charge in [0.15, 0.2) is 11.5 Å². The Kier molecular flexibility index (Phi) is 7.65. The van der Waals surface area contributed by atoms with Gasteiger partial charge >= 0.3 is 0 Å². The number of morpholine rings is 1. The predicted octanol–water partition coefficient (Wildman–Crippen LogP) is 0.794. The largest absolute Gasteiger partial charge is 0.483 e. The molecule has 4 rings (SSSR count). The Hall–Kier alpha value is -3.34. The Morgan fingerprint density at radius 1 is 1.42 bits per heavy atom. The van der Waals surface area contributed by atoms with Gasteiger partial charge in [-0.25, -0.2) is 4.39 Å². The second kappa shape index (κ2) is 10.6. The fourth-order valence-electron chi connectivity index (χ4n) is 3.80. The van der Waals surface area contributed by atoms with Crippen molar-refractivity contribution in [2.45, 2.75) is 31.7 Å². The van der Waals surface area contributed by atoms with E-state index in [1.54, 1.807) is 4.90 Å². The molecule has 2 aliphatic rings. The molecule has 1 unspecified atom stereocenters. The van der Waals surface area contributed by atoms with E-state index in [1.165, 1.54) is 12.3 Å². The van der Waals surface area contributed by atoms with Crippen LogP contribution in [0.1, 0.15) is 44.9 Å². The summed E-state index contributed by atoms with van der Waals surface area (Å²) >= 11 is 0. The minimum Gasteiger partial charge on any atom is -0.483 e. The third-order valence-electron chi connectivity index (χ3n) is 5.28. The van der Waals surface area contributed by atoms with Gasteiger partial charge in [0, 0.05) is 30.5 Å². The molecule has 2 aromatic rings. The Labute approximate surface area is 177 Å². The molecule has 0 bridgehead atoms. The standard InChI is InChI=1S/C19H22FN5O3.CH2O2/c20-15-10-21-6-5-13(15)18(26)22-7-4-12-11-28-9-8-25(12)19(27)17-14-2-1-3-16(14)23-24-17;2-1-3/h5-6,10,12H,1-4,7-9,11H2,(H,22,26)(H,23,24);1H,(H,2,3). The summed E-state index contributed by atoms with van der Waals surface area (Å²) in [5.74, 6) is -1.26. The zero-order valence-electron chi connectivity index (χ0n) is 16.8. The summed E-state index contributed by atoms with van der Waals surface area (Å²) in [6.07, 6.45) is 5.72. The Balaban J connectivity index is 0.000000858. The van der Waals surface area contributed by atoms with Crippen LogP contribution in [0, 0.1) is 5.82 Å². The molecule has 10 nitrogen and oxygen atoms in total. The smallest absolute Gasteiger partial charge is 0.290 e. The number of rotatable bonds is 5. The van der Waals surface area contributed by atoms with Gasteiger partial charge in [0.05, 0.1) is 31.0 Å². The lowest BCUT2D eigenvalue weighted by molar-refractivity contribution is -0.122. The molecule has 166 valence electrons. The van der Waals surface area contributed by atoms with Crippen molar-refractivity contribution in [2.75, 3.05) is 26.3 Å². The number of amides is 2. The van der Waals surface area contributed by atoms with Gasteiger partial charge in [0.1, 0.15) is 0 Å². The molecule has 0 saturated carbocycles. The average molecular weight is 433 g/mol. The second-order valence-corrected chi connectivity index (χ2v) is 7.12. The van der Waals surface area contributed by atoms with Crippen LogP contribution in [-0.2, 0) is 22.4 Å². The zero-order chi connectivity index (χ0) is 22.2. The Bertz CT molecular complexity index is 934. The van der Waals surface area contributed by atoms with Crippen LogP contribution in [0.15, 0.2) is 18.5 Å². The predicted molar refractivity (Wildman–Crippen MR) is 106 cm³/mol. The molecule has 0 aromatic carbocycles. The number of fused-ring (bicyclic) bond motifs is 1. The van der Waals surface area contributed by atoms with Crippen LogP contribution in [0.5, 0.6) is 0 Å². The van der Waals surface area contributed by atoms with Gasteiger partial charge in [-0.05, 0) is 31.7 Å². The van der Waals surface area contributed by atoms with Crippen LogP contribution in [0.25, 0.3) is 0 Å². The molecule has 2 aromatic heterocycles. The number of hydrogen-bond donors (Lipinski definition) is 3. The fraction of sp³-hybridized carbons (Fsp3) is 0.450. The summed E-state index contributed by atoms with van der Waals surface area (Å²) in [6.45, 7) is 1.41. The van der Waals surface area contributed by atoms with Gasteiger partial charge < -0.3 is 20.1 Å². The summed E-state index contributed by atoms with van der Waals surface area (Å²) < 4.78 is 19.2. The van der Waals surface area contributed by atoms with Crippen molar-refractivity contribution < 1.29 is 28.6 Å². The van der Waals surface area contributed by atoms with Crippen LogP contribution < -0.4 is 5.32 Å². The summed E-state index contributed by atoms with van der Waals surface area (Å²) in [6, 6.07) is 1.17. The fourth-order valence-corrected chi connectivity index (χ4v) is 3.80. The highest BCUT2D eigenvalue weighted by Gasteiger charge is 2.32. The maximum atomic E-state index is 13.6. The number of aromatic nitrogens is 3. The van der Waals surface area contributed by atoms with E-state index in [4.69, 9.17) is 14.6 Å². The lowest BCUT2D eigenvalue weighted by atomic mass is 10.1. The van der Waals surface area contributed by atoms with E-state index in [2.05, 4.69) is 20.5 Å². The first kappa shape index (κ1) is 22.3. The minimum absolute atomic E-state index is 0.0464. The number of pyridine rings is 1. The number of nitrogens with zero attached hydrogens (tertiary/aromatic N) is 3. The third kappa shape index (κ3) is 5.23. The Morgan fingerprint density at radius 2 is 2.23 bits per heavy atom. The number of carbonyl (C=O) groups is 3. The van der Waals surface area contributed by atoms with Gasteiger partial charge in [0.25, 0.3) is 18.3 Å². The van der Waals surface area contributed by atoms with Crippen LogP contribution in [0.4, 0.5) is 4.39 Å². The van der Waals surface area contributed by atoms with E-state index in [-0.39, 0.29) is 24.0 Å². The monoisotopic (exact) mass is 433 g/mol. The van der Waals surface area contributed by atoms with E-state index in [1.807, 2.05) is 0 Å². The Morgan fingerprint density at radius 3 is 3.00 bits per heavy atom. The first-order valence-electron chi connectivity index (χ1n) is 9.97. The lowest BCUT2D eigenvalue weighted by Crippen LogP contribution is -2.50. The number of aromatic amines is 1. The molecule has 3 N–H and O–H groups in total. The molecule has 0 spiro atoms. The van der Waals surface area contributed by atoms with Crippen LogP contribution in [-0.4, -0.2) is 75.8 Å². The highest BCUT2D eigenvalue weighted by atomic mass is 19.1. The van der Waals surface area contributed by atoms with Crippen LogP contribution >= 0.6 is 0 Å². The number of carbonyl (C=O) groups excluding carboxylic acids is 2. The van der Waals surface area contributed by atoms with Crippen molar-refractivity contribution in [3.63, 3.8) is 0 Å². The highest BCUT2D eigenvalue weighted by Crippen LogP contribution is 2.25. The topological polar surface area (TPSA) is 138 Å². The van der Waals surface area contributed by atoms with Crippen LogP contribution in [0.3, 0.4) is 0 Å². The summed E-state index contributed by atoms with van der Waals surface area (Å²) in [5.41, 5.74) is 2.54. The van der Waals surface area contributed by atoms with Gasteiger partial charge in [0.2, 0.25) is 0 Å². The van der Waals surface area contributed by atoms with Crippen molar-refractivity contribution in [3.8, 4) is 0 Å². The van der Waals surface area contributed by atoms with Gasteiger partial charge in [-0.3, -0.25) is 24.5 Å². The van der Waals surface area contributed by atoms with Crippen molar-refractivity contribution in [1.29, 1.82) is 0 Å². The molecule has 31 heavy (non-hydrogen) atoms. The molecule has 2 amide bonds. The average Bonchev–Trinajstić information content (AvgIpc) is 3.38. The highest BCUT2D eigenvalue weighted by molar-refractivity contribution is 5.95.